The smallest absolute Gasteiger partial charge is 0.224 e. The zero-order valence-corrected chi connectivity index (χ0v) is 22.1. The number of rotatable bonds is 8. The minimum atomic E-state index is -1.37. The Kier molecular flexibility index (Phi) is 9.44. The summed E-state index contributed by atoms with van der Waals surface area (Å²) in [6, 6.07) is 20.1. The third-order valence-electron chi connectivity index (χ3n) is 6.32. The summed E-state index contributed by atoms with van der Waals surface area (Å²) < 4.78 is 15.9. The zero-order chi connectivity index (χ0) is 25.5. The van der Waals surface area contributed by atoms with Crippen LogP contribution in [0.4, 0.5) is 0 Å². The number of carbonyl (C=O) groups excluding carboxylic acids is 2. The summed E-state index contributed by atoms with van der Waals surface area (Å²) in [4.78, 5) is 28.8. The summed E-state index contributed by atoms with van der Waals surface area (Å²) in [7, 11) is 0. The first-order valence-corrected chi connectivity index (χ1v) is 14.3. The first-order valence-electron chi connectivity index (χ1n) is 12.2. The van der Waals surface area contributed by atoms with Crippen LogP contribution in [-0.4, -0.2) is 57.8 Å². The van der Waals surface area contributed by atoms with Gasteiger partial charge in [-0.05, 0) is 36.2 Å². The number of amidine groups is 1. The lowest BCUT2D eigenvalue weighted by Gasteiger charge is -2.31. The van der Waals surface area contributed by atoms with Gasteiger partial charge in [0.05, 0.1) is 23.3 Å². The Balaban J connectivity index is 1.31. The highest BCUT2D eigenvalue weighted by molar-refractivity contribution is 8.22. The van der Waals surface area contributed by atoms with E-state index in [0.717, 1.165) is 11.1 Å². The molecule has 0 bridgehead atoms. The molecule has 5 atom stereocenters. The molecule has 2 aromatic rings. The van der Waals surface area contributed by atoms with Gasteiger partial charge in [0.25, 0.3) is 0 Å². The number of nitrogens with zero attached hydrogens (tertiary/aromatic N) is 1. The van der Waals surface area contributed by atoms with Crippen molar-refractivity contribution >= 4 is 40.1 Å². The molecule has 0 radical (unpaired) electrons. The highest BCUT2D eigenvalue weighted by Crippen LogP contribution is 2.30. The molecule has 3 unspecified atom stereocenters. The molecule has 4 N–H and O–H groups in total. The number of amides is 2. The molecule has 2 aromatic carbocycles. The van der Waals surface area contributed by atoms with Crippen LogP contribution in [0.1, 0.15) is 37.3 Å². The number of thioether (sulfide) groups is 1. The van der Waals surface area contributed by atoms with E-state index in [4.69, 9.17) is 0 Å². The Labute approximate surface area is 219 Å². The minimum Gasteiger partial charge on any atom is -0.597 e. The number of aliphatic imine (C=N–C) groups is 1. The number of benzene rings is 2. The Morgan fingerprint density at radius 3 is 2.36 bits per heavy atom. The first kappa shape index (κ1) is 26.7. The molecule has 0 aromatic heterocycles. The number of nitrogens with one attached hydrogen (secondary N) is 4. The van der Waals surface area contributed by atoms with Crippen LogP contribution in [0.3, 0.4) is 0 Å². The fraction of sp³-hybridized carbons (Fsp3) is 0.423. The maximum Gasteiger partial charge on any atom is 0.224 e. The normalized spacial score (nSPS) is 24.7. The van der Waals surface area contributed by atoms with Crippen LogP contribution in [0.2, 0.25) is 0 Å². The van der Waals surface area contributed by atoms with Crippen molar-refractivity contribution in [3.8, 4) is 0 Å². The third-order valence-corrected chi connectivity index (χ3v) is 9.58. The van der Waals surface area contributed by atoms with Crippen LogP contribution >= 0.6 is 11.8 Å². The van der Waals surface area contributed by atoms with Crippen molar-refractivity contribution in [3.63, 3.8) is 0 Å². The summed E-state index contributed by atoms with van der Waals surface area (Å²) in [6.07, 6.45) is 0.594. The molecule has 8 nitrogen and oxygen atoms in total. The molecule has 2 amide bonds. The number of piperidine rings is 1. The van der Waals surface area contributed by atoms with Crippen molar-refractivity contribution in [3.05, 3.63) is 71.8 Å². The summed E-state index contributed by atoms with van der Waals surface area (Å²) in [6.45, 7) is 5.04. The van der Waals surface area contributed by atoms with Crippen molar-refractivity contribution < 1.29 is 14.1 Å². The van der Waals surface area contributed by atoms with Crippen molar-refractivity contribution in [2.45, 2.75) is 42.9 Å². The molecule has 2 heterocycles. The predicted octanol–water partition coefficient (Wildman–Crippen LogP) is 2.12. The molecule has 0 aliphatic carbocycles. The van der Waals surface area contributed by atoms with Gasteiger partial charge in [-0.3, -0.25) is 14.6 Å². The molecule has 1 fully saturated rings. The Morgan fingerprint density at radius 2 is 1.75 bits per heavy atom. The van der Waals surface area contributed by atoms with Crippen molar-refractivity contribution in [2.24, 2.45) is 10.9 Å². The van der Waals surface area contributed by atoms with E-state index < -0.39 is 11.4 Å². The topological polar surface area (TPSA) is 118 Å². The van der Waals surface area contributed by atoms with E-state index in [-0.39, 0.29) is 40.3 Å². The molecule has 0 spiro atoms. The summed E-state index contributed by atoms with van der Waals surface area (Å²) in [5.74, 6) is -0.357. The van der Waals surface area contributed by atoms with Crippen LogP contribution in [0.5, 0.6) is 0 Å². The van der Waals surface area contributed by atoms with Gasteiger partial charge in [0.2, 0.25) is 16.4 Å². The fourth-order valence-electron chi connectivity index (χ4n) is 4.53. The van der Waals surface area contributed by atoms with Crippen molar-refractivity contribution in [1.82, 2.24) is 20.7 Å². The first-order chi connectivity index (χ1) is 17.4. The van der Waals surface area contributed by atoms with Crippen LogP contribution in [-0.2, 0) is 21.0 Å². The Morgan fingerprint density at radius 1 is 1.11 bits per heavy atom. The lowest BCUT2D eigenvalue weighted by Crippen LogP contribution is -2.54. The van der Waals surface area contributed by atoms with E-state index in [1.165, 1.54) is 18.7 Å². The van der Waals surface area contributed by atoms with Gasteiger partial charge in [0.15, 0.2) is 5.17 Å². The van der Waals surface area contributed by atoms with Gasteiger partial charge >= 0.3 is 0 Å². The number of carbonyl (C=O) groups is 2. The lowest BCUT2D eigenvalue weighted by atomic mass is 9.90. The summed E-state index contributed by atoms with van der Waals surface area (Å²) in [5.41, 5.74) is 2.31. The zero-order valence-electron chi connectivity index (χ0n) is 20.5. The minimum absolute atomic E-state index is 0.00321. The summed E-state index contributed by atoms with van der Waals surface area (Å²) in [5, 5.41) is 9.65. The average molecular weight is 528 g/mol. The number of hydrogen-bond donors (Lipinski definition) is 4. The molecular formula is C26H33N5O3S2. The monoisotopic (exact) mass is 527 g/mol. The second-order valence-electron chi connectivity index (χ2n) is 9.16. The molecule has 0 saturated carbocycles. The van der Waals surface area contributed by atoms with E-state index in [2.05, 4.69) is 49.9 Å². The van der Waals surface area contributed by atoms with Gasteiger partial charge in [-0.2, -0.15) is 0 Å². The van der Waals surface area contributed by atoms with Gasteiger partial charge in [-0.25, -0.2) is 0 Å². The maximum absolute atomic E-state index is 13.1. The van der Waals surface area contributed by atoms with E-state index in [9.17, 15) is 14.1 Å². The third kappa shape index (κ3) is 7.10. The summed E-state index contributed by atoms with van der Waals surface area (Å²) >= 11 is -0.0585. The van der Waals surface area contributed by atoms with E-state index in [0.29, 0.717) is 31.2 Å². The molecule has 2 aliphatic heterocycles. The van der Waals surface area contributed by atoms with Gasteiger partial charge < -0.3 is 20.5 Å². The largest absolute Gasteiger partial charge is 0.597 e. The second kappa shape index (κ2) is 12.7. The molecule has 192 valence electrons. The van der Waals surface area contributed by atoms with E-state index in [1.807, 2.05) is 43.3 Å². The Bertz CT molecular complexity index is 1020. The van der Waals surface area contributed by atoms with E-state index >= 15 is 0 Å². The molecule has 4 rings (SSSR count). The van der Waals surface area contributed by atoms with Gasteiger partial charge in [0.1, 0.15) is 6.04 Å². The van der Waals surface area contributed by atoms with Gasteiger partial charge in [-0.15, -0.1) is 4.72 Å². The second-order valence-corrected chi connectivity index (χ2v) is 11.9. The highest BCUT2D eigenvalue weighted by Gasteiger charge is 2.39. The van der Waals surface area contributed by atoms with Crippen LogP contribution in [0, 0.1) is 5.92 Å². The van der Waals surface area contributed by atoms with Crippen LogP contribution < -0.4 is 20.7 Å². The van der Waals surface area contributed by atoms with Crippen LogP contribution in [0.15, 0.2) is 65.7 Å². The molecule has 10 heteroatoms. The maximum atomic E-state index is 13.1. The van der Waals surface area contributed by atoms with Gasteiger partial charge in [0, 0.05) is 32.5 Å². The van der Waals surface area contributed by atoms with Gasteiger partial charge in [-0.1, -0.05) is 60.7 Å². The quantitative estimate of drug-likeness (QED) is 0.391. The lowest BCUT2D eigenvalue weighted by molar-refractivity contribution is -0.125. The van der Waals surface area contributed by atoms with Crippen molar-refractivity contribution in [1.29, 1.82) is 0 Å². The Hall–Kier alpha value is -2.37. The molecule has 2 aliphatic rings. The molecular weight excluding hydrogens is 494 g/mol. The fourth-order valence-corrected chi connectivity index (χ4v) is 7.29. The standard InChI is InChI=1S/C26H33N5O3S2/c1-17-25(35-26(29-17)30-18(2)32)36(34)31-22-13-21(14-27-15-22)24(33)28-16-23(19-9-5-3-6-10-19)20-11-7-4-8-12-20/h3-12,17,21-23,25,27,31H,13-16H2,1-2H3,(H,28,33)(H,29,30,32)/t17?,21-,22+,25?,36?/m0/s1. The SMILES string of the molecule is CC(=O)NC1=NC(C)C([S+]([O-])N[C@H]2CNC[C@@H](C(=O)NCC(c3ccccc3)c3ccccc3)C2)S1. The average Bonchev–Trinajstić information content (AvgIpc) is 3.24. The molecule has 36 heavy (non-hydrogen) atoms. The van der Waals surface area contributed by atoms with E-state index in [1.54, 1.807) is 0 Å². The predicted molar refractivity (Wildman–Crippen MR) is 146 cm³/mol. The number of hydrogen-bond acceptors (Lipinski definition) is 7. The van der Waals surface area contributed by atoms with Crippen LogP contribution in [0.25, 0.3) is 0 Å². The highest BCUT2D eigenvalue weighted by atomic mass is 32.3. The van der Waals surface area contributed by atoms with Crippen molar-refractivity contribution in [2.75, 3.05) is 19.6 Å². The molecule has 1 saturated heterocycles.